The van der Waals surface area contributed by atoms with E-state index in [0.29, 0.717) is 5.92 Å². The third kappa shape index (κ3) is 2.30. The second kappa shape index (κ2) is 4.06. The van der Waals surface area contributed by atoms with Crippen LogP contribution in [-0.2, 0) is 0 Å². The van der Waals surface area contributed by atoms with Crippen molar-refractivity contribution in [3.8, 4) is 0 Å². The molecule has 0 bridgehead atoms. The quantitative estimate of drug-likeness (QED) is 0.661. The normalized spacial score (nSPS) is 12.9. The zero-order chi connectivity index (χ0) is 8.10. The van der Waals surface area contributed by atoms with Crippen molar-refractivity contribution in [2.45, 2.75) is 32.6 Å². The lowest BCUT2D eigenvalue weighted by Gasteiger charge is -2.06. The van der Waals surface area contributed by atoms with Gasteiger partial charge < -0.3 is 0 Å². The van der Waals surface area contributed by atoms with Crippen LogP contribution in [0.5, 0.6) is 0 Å². The van der Waals surface area contributed by atoms with Gasteiger partial charge in [-0.1, -0.05) is 20.3 Å². The molecular formula is C9H14N2. The summed E-state index contributed by atoms with van der Waals surface area (Å²) < 4.78 is 0. The van der Waals surface area contributed by atoms with Gasteiger partial charge in [-0.15, -0.1) is 0 Å². The largest absolute Gasteiger partial charge is 0.261 e. The van der Waals surface area contributed by atoms with Crippen LogP contribution >= 0.6 is 0 Å². The molecule has 0 fully saturated rings. The molecule has 2 nitrogen and oxygen atoms in total. The molecule has 0 spiro atoms. The molecule has 0 aromatic carbocycles. The number of rotatable bonds is 3. The number of hydrogen-bond acceptors (Lipinski definition) is 2. The smallest absolute Gasteiger partial charge is 0.0614 e. The summed E-state index contributed by atoms with van der Waals surface area (Å²) in [6.45, 7) is 4.38. The predicted molar refractivity (Wildman–Crippen MR) is 45.4 cm³/mol. The first-order valence-corrected chi connectivity index (χ1v) is 4.10. The van der Waals surface area contributed by atoms with Gasteiger partial charge in [0.1, 0.15) is 0 Å². The Hall–Kier alpha value is -0.920. The minimum Gasteiger partial charge on any atom is -0.261 e. The standard InChI is InChI=1S/C9H14N2/c1-3-4-8(2)9-7-10-5-6-11-9/h5-8H,3-4H2,1-2H3. The topological polar surface area (TPSA) is 25.8 Å². The highest BCUT2D eigenvalue weighted by atomic mass is 14.8. The first-order valence-electron chi connectivity index (χ1n) is 4.10. The lowest BCUT2D eigenvalue weighted by molar-refractivity contribution is 0.644. The number of nitrogens with zero attached hydrogens (tertiary/aromatic N) is 2. The molecule has 0 radical (unpaired) electrons. The fourth-order valence-corrected chi connectivity index (χ4v) is 1.15. The Morgan fingerprint density at radius 1 is 1.45 bits per heavy atom. The summed E-state index contributed by atoms with van der Waals surface area (Å²) in [5.41, 5.74) is 1.11. The second-order valence-electron chi connectivity index (χ2n) is 2.82. The minimum atomic E-state index is 0.550. The van der Waals surface area contributed by atoms with E-state index in [4.69, 9.17) is 0 Å². The SMILES string of the molecule is CCCC(C)c1cnccn1. The zero-order valence-corrected chi connectivity index (χ0v) is 7.12. The van der Waals surface area contributed by atoms with Gasteiger partial charge >= 0.3 is 0 Å². The molecule has 0 saturated heterocycles. The monoisotopic (exact) mass is 150 g/mol. The fourth-order valence-electron chi connectivity index (χ4n) is 1.15. The Bertz CT molecular complexity index is 196. The van der Waals surface area contributed by atoms with Crippen molar-refractivity contribution in [3.63, 3.8) is 0 Å². The van der Waals surface area contributed by atoms with Gasteiger partial charge in [-0.25, -0.2) is 0 Å². The van der Waals surface area contributed by atoms with Gasteiger partial charge in [-0.3, -0.25) is 9.97 Å². The van der Waals surface area contributed by atoms with Gasteiger partial charge in [-0.2, -0.15) is 0 Å². The van der Waals surface area contributed by atoms with E-state index in [9.17, 15) is 0 Å². The molecule has 2 heteroatoms. The van der Waals surface area contributed by atoms with Crippen LogP contribution in [0.15, 0.2) is 18.6 Å². The van der Waals surface area contributed by atoms with Crippen LogP contribution < -0.4 is 0 Å². The van der Waals surface area contributed by atoms with E-state index >= 15 is 0 Å². The minimum absolute atomic E-state index is 0.550. The molecule has 0 aliphatic heterocycles. The first kappa shape index (κ1) is 8.18. The summed E-state index contributed by atoms with van der Waals surface area (Å²) in [6.07, 6.45) is 7.71. The van der Waals surface area contributed by atoms with Gasteiger partial charge in [0.25, 0.3) is 0 Å². The van der Waals surface area contributed by atoms with E-state index in [1.54, 1.807) is 12.4 Å². The van der Waals surface area contributed by atoms with Gasteiger partial charge in [0, 0.05) is 18.6 Å². The van der Waals surface area contributed by atoms with Crippen LogP contribution in [0.25, 0.3) is 0 Å². The molecule has 0 saturated carbocycles. The van der Waals surface area contributed by atoms with E-state index < -0.39 is 0 Å². The Balaban J connectivity index is 2.61. The molecule has 1 aromatic rings. The van der Waals surface area contributed by atoms with Gasteiger partial charge in [0.2, 0.25) is 0 Å². The van der Waals surface area contributed by atoms with Crippen molar-refractivity contribution >= 4 is 0 Å². The highest BCUT2D eigenvalue weighted by molar-refractivity contribution is 5.01. The van der Waals surface area contributed by atoms with Crippen molar-refractivity contribution in [2.24, 2.45) is 0 Å². The van der Waals surface area contributed by atoms with Crippen LogP contribution in [0.4, 0.5) is 0 Å². The molecule has 60 valence electrons. The Kier molecular flexibility index (Phi) is 3.02. The van der Waals surface area contributed by atoms with Gasteiger partial charge in [0.05, 0.1) is 5.69 Å². The highest BCUT2D eigenvalue weighted by Gasteiger charge is 2.03. The van der Waals surface area contributed by atoms with Crippen molar-refractivity contribution in [3.05, 3.63) is 24.3 Å². The van der Waals surface area contributed by atoms with E-state index in [2.05, 4.69) is 23.8 Å². The zero-order valence-electron chi connectivity index (χ0n) is 7.12. The maximum atomic E-state index is 4.23. The van der Waals surface area contributed by atoms with Crippen molar-refractivity contribution in [1.29, 1.82) is 0 Å². The summed E-state index contributed by atoms with van der Waals surface area (Å²) in [4.78, 5) is 8.26. The maximum Gasteiger partial charge on any atom is 0.0614 e. The van der Waals surface area contributed by atoms with Crippen molar-refractivity contribution in [2.75, 3.05) is 0 Å². The number of hydrogen-bond donors (Lipinski definition) is 0. The van der Waals surface area contributed by atoms with E-state index in [1.807, 2.05) is 6.20 Å². The molecule has 1 aromatic heterocycles. The molecule has 11 heavy (non-hydrogen) atoms. The summed E-state index contributed by atoms with van der Waals surface area (Å²) in [7, 11) is 0. The van der Waals surface area contributed by atoms with Gasteiger partial charge in [-0.05, 0) is 12.3 Å². The van der Waals surface area contributed by atoms with Crippen molar-refractivity contribution < 1.29 is 0 Å². The lowest BCUT2D eigenvalue weighted by atomic mass is 10.0. The third-order valence-electron chi connectivity index (χ3n) is 1.81. The molecular weight excluding hydrogens is 136 g/mol. The molecule has 1 rings (SSSR count). The van der Waals surface area contributed by atoms with Crippen LogP contribution in [-0.4, -0.2) is 9.97 Å². The van der Waals surface area contributed by atoms with E-state index in [1.165, 1.54) is 12.8 Å². The molecule has 1 heterocycles. The predicted octanol–water partition coefficient (Wildman–Crippen LogP) is 2.38. The van der Waals surface area contributed by atoms with Crippen LogP contribution in [0.3, 0.4) is 0 Å². The van der Waals surface area contributed by atoms with E-state index in [-0.39, 0.29) is 0 Å². The maximum absolute atomic E-state index is 4.23. The second-order valence-corrected chi connectivity index (χ2v) is 2.82. The van der Waals surface area contributed by atoms with Gasteiger partial charge in [0.15, 0.2) is 0 Å². The molecule has 0 aliphatic rings. The molecule has 0 N–H and O–H groups in total. The van der Waals surface area contributed by atoms with Crippen molar-refractivity contribution in [1.82, 2.24) is 9.97 Å². The molecule has 0 amide bonds. The summed E-state index contributed by atoms with van der Waals surface area (Å²) in [5, 5.41) is 0. The molecule has 1 unspecified atom stereocenters. The molecule has 1 atom stereocenters. The first-order chi connectivity index (χ1) is 5.34. The molecule has 0 aliphatic carbocycles. The summed E-state index contributed by atoms with van der Waals surface area (Å²) in [6, 6.07) is 0. The van der Waals surface area contributed by atoms with Crippen LogP contribution in [0, 0.1) is 0 Å². The fraction of sp³-hybridized carbons (Fsp3) is 0.556. The van der Waals surface area contributed by atoms with Crippen LogP contribution in [0.2, 0.25) is 0 Å². The average molecular weight is 150 g/mol. The van der Waals surface area contributed by atoms with Crippen LogP contribution in [0.1, 0.15) is 38.3 Å². The Labute approximate surface area is 67.7 Å². The third-order valence-corrected chi connectivity index (χ3v) is 1.81. The Morgan fingerprint density at radius 2 is 2.27 bits per heavy atom. The summed E-state index contributed by atoms with van der Waals surface area (Å²) in [5.74, 6) is 0.550. The highest BCUT2D eigenvalue weighted by Crippen LogP contribution is 2.16. The average Bonchev–Trinajstić information content (AvgIpc) is 2.07. The van der Waals surface area contributed by atoms with E-state index in [0.717, 1.165) is 5.69 Å². The Morgan fingerprint density at radius 3 is 2.82 bits per heavy atom. The lowest BCUT2D eigenvalue weighted by Crippen LogP contribution is -1.96. The number of aromatic nitrogens is 2. The summed E-state index contributed by atoms with van der Waals surface area (Å²) >= 11 is 0.